The maximum absolute atomic E-state index is 13.7. The highest BCUT2D eigenvalue weighted by Gasteiger charge is 2.38. The van der Waals surface area contributed by atoms with E-state index in [4.69, 9.17) is 42.3 Å². The summed E-state index contributed by atoms with van der Waals surface area (Å²) in [5.74, 6) is -1.01. The van der Waals surface area contributed by atoms with Crippen molar-refractivity contribution in [2.75, 3.05) is 59.3 Å². The van der Waals surface area contributed by atoms with Crippen LogP contribution in [0.3, 0.4) is 0 Å². The summed E-state index contributed by atoms with van der Waals surface area (Å²) in [6, 6.07) is 18.1. The van der Waals surface area contributed by atoms with Crippen molar-refractivity contribution in [1.29, 1.82) is 0 Å². The highest BCUT2D eigenvalue weighted by Crippen LogP contribution is 2.27. The van der Waals surface area contributed by atoms with E-state index in [1.807, 2.05) is 6.92 Å². The van der Waals surface area contributed by atoms with E-state index >= 15 is 0 Å². The average Bonchev–Trinajstić information content (AvgIpc) is 4.14. The number of nitrogens with zero attached hydrogens (tertiary/aromatic N) is 6. The SMILES string of the molecule is COc1cc(CNC(=O)c2cc(C3=NO[C@H]([C@H]4CO[C@H](COS(=O)(=O)c5ccc(C)cc5)CO4)C3)nc(C)n2)ccc1F.COc1cc(CNC(=O)c2cc(C3=NO[C@H]([C@H]4CO[C@H](CS(C)(=O)=O)CO4)C3)nc(C)n2)ccc1F. The van der Waals surface area contributed by atoms with Crippen LogP contribution in [-0.4, -0.2) is 156 Å². The minimum atomic E-state index is -3.92. The van der Waals surface area contributed by atoms with Crippen molar-refractivity contribution in [3.8, 4) is 11.5 Å². The van der Waals surface area contributed by atoms with Crippen LogP contribution in [-0.2, 0) is 65.9 Å². The summed E-state index contributed by atoms with van der Waals surface area (Å²) < 4.78 is 113. The zero-order valence-electron chi connectivity index (χ0n) is 43.8. The van der Waals surface area contributed by atoms with Gasteiger partial charge in [0.25, 0.3) is 21.9 Å². The maximum Gasteiger partial charge on any atom is 0.297 e. The van der Waals surface area contributed by atoms with Gasteiger partial charge >= 0.3 is 0 Å². The number of hydrogen-bond donors (Lipinski definition) is 2. The first-order valence-corrected chi connectivity index (χ1v) is 28.2. The van der Waals surface area contributed by atoms with E-state index in [9.17, 15) is 35.2 Å². The van der Waals surface area contributed by atoms with Gasteiger partial charge < -0.3 is 48.7 Å². The lowest BCUT2D eigenvalue weighted by Crippen LogP contribution is -2.44. The van der Waals surface area contributed by atoms with Gasteiger partial charge in [0.1, 0.15) is 62.6 Å². The number of amides is 2. The Balaban J connectivity index is 0.000000211. The molecule has 6 atom stereocenters. The number of nitrogens with one attached hydrogen (secondary N) is 2. The van der Waals surface area contributed by atoms with Crippen LogP contribution in [0.5, 0.6) is 11.5 Å². The number of carbonyl (C=O) groups excluding carboxylic acids is 2. The quantitative estimate of drug-likeness (QED) is 0.117. The Bertz CT molecular complexity index is 3300. The summed E-state index contributed by atoms with van der Waals surface area (Å²) in [6.07, 6.45) is -0.971. The number of hydrogen-bond acceptors (Lipinski definition) is 21. The van der Waals surface area contributed by atoms with Crippen molar-refractivity contribution < 1.29 is 77.5 Å². The predicted octanol–water partition coefficient (Wildman–Crippen LogP) is 4.04. The Morgan fingerprint density at radius 2 is 1.08 bits per heavy atom. The van der Waals surface area contributed by atoms with Crippen LogP contribution >= 0.6 is 0 Å². The summed E-state index contributed by atoms with van der Waals surface area (Å²) in [7, 11) is -4.35. The third-order valence-electron chi connectivity index (χ3n) is 12.5. The Kier molecular flexibility index (Phi) is 18.9. The van der Waals surface area contributed by atoms with Crippen LogP contribution in [0.25, 0.3) is 0 Å². The smallest absolute Gasteiger partial charge is 0.297 e. The molecule has 2 fully saturated rings. The van der Waals surface area contributed by atoms with Gasteiger partial charge in [-0.25, -0.2) is 37.1 Å². The van der Waals surface area contributed by atoms with Crippen molar-refractivity contribution in [1.82, 2.24) is 30.6 Å². The molecule has 2 saturated heterocycles. The number of aryl methyl sites for hydroxylation is 3. The summed E-state index contributed by atoms with van der Waals surface area (Å²) in [6.45, 7) is 5.89. The Hall–Kier alpha value is -7.14. The molecule has 4 aliphatic heterocycles. The number of aromatic nitrogens is 4. The first-order valence-electron chi connectivity index (χ1n) is 24.7. The normalized spacial score (nSPS) is 21.1. The second kappa shape index (κ2) is 25.8. The molecule has 6 heterocycles. The van der Waals surface area contributed by atoms with Gasteiger partial charge in [-0.15, -0.1) is 0 Å². The molecule has 422 valence electrons. The number of rotatable bonds is 18. The van der Waals surface area contributed by atoms with E-state index in [-0.39, 0.29) is 79.7 Å². The van der Waals surface area contributed by atoms with Crippen molar-refractivity contribution in [2.24, 2.45) is 10.3 Å². The zero-order valence-corrected chi connectivity index (χ0v) is 45.5. The molecule has 27 heteroatoms. The average molecular weight is 1140 g/mol. The fourth-order valence-corrected chi connectivity index (χ4v) is 10.2. The molecule has 23 nitrogen and oxygen atoms in total. The first kappa shape index (κ1) is 58.0. The van der Waals surface area contributed by atoms with E-state index < -0.39 is 80.0 Å². The number of oxime groups is 2. The summed E-state index contributed by atoms with van der Waals surface area (Å²) >= 11 is 0. The lowest BCUT2D eigenvalue weighted by atomic mass is 10.0. The molecule has 3 aromatic carbocycles. The molecule has 0 radical (unpaired) electrons. The van der Waals surface area contributed by atoms with Gasteiger partial charge in [-0.1, -0.05) is 40.1 Å². The molecule has 0 unspecified atom stereocenters. The van der Waals surface area contributed by atoms with Crippen LogP contribution in [0.15, 0.2) is 88.0 Å². The number of ether oxygens (including phenoxy) is 6. The fraction of sp³-hybridized carbons (Fsp3) is 0.423. The van der Waals surface area contributed by atoms with E-state index in [2.05, 4.69) is 40.9 Å². The van der Waals surface area contributed by atoms with Gasteiger partial charge in [0.05, 0.1) is 75.4 Å². The molecule has 0 saturated carbocycles. The Morgan fingerprint density at radius 1 is 0.608 bits per heavy atom. The minimum Gasteiger partial charge on any atom is -0.494 e. The van der Waals surface area contributed by atoms with Gasteiger partial charge in [0.2, 0.25) is 0 Å². The van der Waals surface area contributed by atoms with Crippen molar-refractivity contribution >= 4 is 43.2 Å². The van der Waals surface area contributed by atoms with E-state index in [1.54, 1.807) is 38.1 Å². The standard InChI is InChI=1S/C29H31FN4O8S.C23H27FN4O7S/c1-17-4-7-21(8-5-17)43(36,37)41-15-20-14-40-28(16-39-20)27-12-24(34-42-27)23-11-25(33-18(2)32-23)29(35)31-13-19-6-9-22(30)26(10-19)38-3;1-13-26-17(7-19(27-13)23(29)25-9-14-4-5-16(24)20(6-14)32-2)18-8-21(35-28-18)22-11-33-15(10-34-22)12-36(3,30)31/h4-11,20,27-28H,12-16H2,1-3H3,(H,31,35);4-7,15,21-22H,8-12H2,1-3H3,(H,25,29)/t20-,27-,28+;15-,21-,22+/m00/s1. The van der Waals surface area contributed by atoms with Crippen molar-refractivity contribution in [2.45, 2.75) is 88.2 Å². The van der Waals surface area contributed by atoms with Gasteiger partial charge in [-0.05, 0) is 80.4 Å². The van der Waals surface area contributed by atoms with Crippen LogP contribution in [0.1, 0.15) is 73.5 Å². The lowest BCUT2D eigenvalue weighted by Gasteiger charge is -2.31. The Morgan fingerprint density at radius 3 is 1.51 bits per heavy atom. The fourth-order valence-electron chi connectivity index (χ4n) is 8.35. The van der Waals surface area contributed by atoms with E-state index in [0.717, 1.165) is 11.8 Å². The molecule has 0 spiro atoms. The molecular weight excluding hydrogens is 1080 g/mol. The summed E-state index contributed by atoms with van der Waals surface area (Å²) in [5, 5.41) is 13.8. The molecule has 2 aromatic heterocycles. The maximum atomic E-state index is 13.7. The zero-order chi connectivity index (χ0) is 56.4. The first-order chi connectivity index (χ1) is 37.7. The third kappa shape index (κ3) is 15.8. The number of carbonyl (C=O) groups is 2. The molecule has 2 amide bonds. The molecule has 79 heavy (non-hydrogen) atoms. The molecule has 0 aliphatic carbocycles. The summed E-state index contributed by atoms with van der Waals surface area (Å²) in [4.78, 5) is 54.1. The predicted molar refractivity (Wildman–Crippen MR) is 277 cm³/mol. The molecule has 9 rings (SSSR count). The van der Waals surface area contributed by atoms with E-state index in [0.29, 0.717) is 58.4 Å². The second-order valence-corrected chi connectivity index (χ2v) is 22.5. The van der Waals surface area contributed by atoms with Crippen molar-refractivity contribution in [3.63, 3.8) is 0 Å². The molecule has 2 N–H and O–H groups in total. The van der Waals surface area contributed by atoms with Crippen LogP contribution in [0, 0.1) is 32.4 Å². The van der Waals surface area contributed by atoms with Gasteiger partial charge in [0.15, 0.2) is 35.3 Å². The van der Waals surface area contributed by atoms with Gasteiger partial charge in [-0.3, -0.25) is 13.8 Å². The largest absolute Gasteiger partial charge is 0.494 e. The topological polar surface area (TPSA) is 286 Å². The number of sulfone groups is 1. The number of halogens is 2. The lowest BCUT2D eigenvalue weighted by molar-refractivity contribution is -0.176. The van der Waals surface area contributed by atoms with Gasteiger partial charge in [0, 0.05) is 32.2 Å². The van der Waals surface area contributed by atoms with Crippen molar-refractivity contribution in [3.05, 3.63) is 136 Å². The van der Waals surface area contributed by atoms with Crippen LogP contribution in [0.4, 0.5) is 8.78 Å². The highest BCUT2D eigenvalue weighted by atomic mass is 32.2. The van der Waals surface area contributed by atoms with Crippen LogP contribution in [0.2, 0.25) is 0 Å². The van der Waals surface area contributed by atoms with E-state index in [1.165, 1.54) is 62.8 Å². The molecule has 0 bridgehead atoms. The molecule has 4 aliphatic rings. The number of benzene rings is 3. The monoisotopic (exact) mass is 1140 g/mol. The Labute approximate surface area is 454 Å². The third-order valence-corrected chi connectivity index (χ3v) is 14.8. The van der Waals surface area contributed by atoms with Crippen LogP contribution < -0.4 is 20.1 Å². The summed E-state index contributed by atoms with van der Waals surface area (Å²) in [5.41, 5.74) is 4.50. The van der Waals surface area contributed by atoms with Gasteiger partial charge in [-0.2, -0.15) is 8.42 Å². The highest BCUT2D eigenvalue weighted by molar-refractivity contribution is 7.90. The molecular formula is C52H58F2N8O15S2. The second-order valence-electron chi connectivity index (χ2n) is 18.7. The minimum absolute atomic E-state index is 0.0749. The number of methoxy groups -OCH3 is 2. The molecule has 5 aromatic rings.